The molecule has 0 amide bonds. The van der Waals surface area contributed by atoms with Crippen LogP contribution in [-0.2, 0) is 13.1 Å². The molecule has 0 fully saturated rings. The summed E-state index contributed by atoms with van der Waals surface area (Å²) >= 11 is 0. The highest BCUT2D eigenvalue weighted by molar-refractivity contribution is 5.20. The Bertz CT molecular complexity index is 385. The summed E-state index contributed by atoms with van der Waals surface area (Å²) in [4.78, 5) is 2.10. The van der Waals surface area contributed by atoms with Crippen LogP contribution in [-0.4, -0.2) is 35.7 Å². The maximum Gasteiger partial charge on any atom is 0.120 e. The molecule has 0 spiro atoms. The summed E-state index contributed by atoms with van der Waals surface area (Å²) in [7, 11) is 0. The van der Waals surface area contributed by atoms with Gasteiger partial charge in [0.15, 0.2) is 0 Å². The Hall–Kier alpha value is -1.10. The lowest BCUT2D eigenvalue weighted by atomic mass is 10.2. The number of hydrogen-bond donors (Lipinski definition) is 2. The van der Waals surface area contributed by atoms with Crippen LogP contribution in [0.1, 0.15) is 30.9 Å². The van der Waals surface area contributed by atoms with Crippen LogP contribution in [0.2, 0.25) is 0 Å². The molecule has 0 aromatic carbocycles. The highest BCUT2D eigenvalue weighted by Crippen LogP contribution is 2.16. The van der Waals surface area contributed by atoms with Gasteiger partial charge in [-0.25, -0.2) is 0 Å². The van der Waals surface area contributed by atoms with Gasteiger partial charge in [-0.2, -0.15) is 0 Å². The number of nitrogens with one attached hydrogen (secondary N) is 1. The number of nitrogens with zero attached hydrogens (tertiary/aromatic N) is 1. The van der Waals surface area contributed by atoms with E-state index in [0.717, 1.165) is 24.6 Å². The molecule has 1 rings (SSSR count). The van der Waals surface area contributed by atoms with Gasteiger partial charge in [-0.3, -0.25) is 4.90 Å². The molecule has 1 aromatic heterocycles. The maximum absolute atomic E-state index is 9.03. The van der Waals surface area contributed by atoms with Gasteiger partial charge >= 0.3 is 0 Å². The normalized spacial score (nSPS) is 11.5. The number of hydrogen-bond acceptors (Lipinski definition) is 4. The van der Waals surface area contributed by atoms with Gasteiger partial charge in [0.1, 0.15) is 11.5 Å². The van der Waals surface area contributed by atoms with Crippen molar-refractivity contribution in [3.8, 4) is 0 Å². The third-order valence-electron chi connectivity index (χ3n) is 2.93. The molecule has 0 atom stereocenters. The number of aryl methyl sites for hydroxylation is 1. The minimum Gasteiger partial charge on any atom is -0.463 e. The Morgan fingerprint density at radius 1 is 1.53 bits per heavy atom. The van der Waals surface area contributed by atoms with Crippen LogP contribution in [0, 0.1) is 6.92 Å². The molecule has 1 aromatic rings. The highest BCUT2D eigenvalue weighted by Gasteiger charge is 2.11. The van der Waals surface area contributed by atoms with Crippen LogP contribution in [0.4, 0.5) is 0 Å². The molecule has 4 heteroatoms. The minimum absolute atomic E-state index is 0.148. The Balaban J connectivity index is 2.62. The Morgan fingerprint density at radius 2 is 2.26 bits per heavy atom. The molecule has 0 saturated heterocycles. The molecule has 0 radical (unpaired) electrons. The van der Waals surface area contributed by atoms with E-state index in [0.29, 0.717) is 19.1 Å². The van der Waals surface area contributed by atoms with Crippen molar-refractivity contribution in [1.82, 2.24) is 10.2 Å². The fourth-order valence-electron chi connectivity index (χ4n) is 1.92. The van der Waals surface area contributed by atoms with Crippen LogP contribution in [0.25, 0.3) is 0 Å². The average molecular weight is 266 g/mol. The van der Waals surface area contributed by atoms with Gasteiger partial charge < -0.3 is 14.8 Å². The van der Waals surface area contributed by atoms with Crippen molar-refractivity contribution < 1.29 is 9.52 Å². The predicted octanol–water partition coefficient (Wildman–Crippen LogP) is 2.07. The number of furan rings is 1. The van der Waals surface area contributed by atoms with Crippen molar-refractivity contribution in [3.63, 3.8) is 0 Å². The molecule has 0 bridgehead atoms. The molecule has 0 aliphatic heterocycles. The summed E-state index contributed by atoms with van der Waals surface area (Å²) in [6.45, 7) is 13.0. The van der Waals surface area contributed by atoms with Crippen molar-refractivity contribution in [2.45, 2.75) is 39.9 Å². The summed E-state index contributed by atoms with van der Waals surface area (Å²) in [5.74, 6) is 1.93. The Labute approximate surface area is 116 Å². The Morgan fingerprint density at radius 3 is 2.84 bits per heavy atom. The first-order valence-corrected chi connectivity index (χ1v) is 6.82. The zero-order valence-corrected chi connectivity index (χ0v) is 12.3. The summed E-state index contributed by atoms with van der Waals surface area (Å²) < 4.78 is 5.87. The smallest absolute Gasteiger partial charge is 0.120 e. The van der Waals surface area contributed by atoms with E-state index in [4.69, 9.17) is 9.52 Å². The SMILES string of the molecule is C=CCN(CCO)Cc1cc(C)c(CNC(C)C)o1. The molecule has 1 heterocycles. The van der Waals surface area contributed by atoms with Crippen molar-refractivity contribution >= 4 is 0 Å². The van der Waals surface area contributed by atoms with Crippen LogP contribution in [0.5, 0.6) is 0 Å². The van der Waals surface area contributed by atoms with Crippen LogP contribution < -0.4 is 5.32 Å². The van der Waals surface area contributed by atoms with Crippen LogP contribution in [0.3, 0.4) is 0 Å². The summed E-state index contributed by atoms with van der Waals surface area (Å²) in [5, 5.41) is 12.4. The topological polar surface area (TPSA) is 48.6 Å². The third kappa shape index (κ3) is 5.59. The van der Waals surface area contributed by atoms with Crippen molar-refractivity contribution in [1.29, 1.82) is 0 Å². The molecule has 19 heavy (non-hydrogen) atoms. The molecule has 0 unspecified atom stereocenters. The van der Waals surface area contributed by atoms with E-state index in [2.05, 4.69) is 43.6 Å². The molecular weight excluding hydrogens is 240 g/mol. The van der Waals surface area contributed by atoms with E-state index in [1.54, 1.807) is 0 Å². The zero-order chi connectivity index (χ0) is 14.3. The van der Waals surface area contributed by atoms with Gasteiger partial charge in [0.25, 0.3) is 0 Å². The quantitative estimate of drug-likeness (QED) is 0.672. The predicted molar refractivity (Wildman–Crippen MR) is 78.0 cm³/mol. The fourth-order valence-corrected chi connectivity index (χ4v) is 1.92. The van der Waals surface area contributed by atoms with Crippen LogP contribution in [0.15, 0.2) is 23.1 Å². The highest BCUT2D eigenvalue weighted by atomic mass is 16.3. The van der Waals surface area contributed by atoms with Gasteiger partial charge in [0.05, 0.1) is 19.7 Å². The van der Waals surface area contributed by atoms with E-state index in [9.17, 15) is 0 Å². The largest absolute Gasteiger partial charge is 0.463 e. The van der Waals surface area contributed by atoms with Gasteiger partial charge in [0.2, 0.25) is 0 Å². The zero-order valence-electron chi connectivity index (χ0n) is 12.3. The molecule has 0 aliphatic carbocycles. The van der Waals surface area contributed by atoms with E-state index in [-0.39, 0.29) is 6.61 Å². The van der Waals surface area contributed by atoms with Gasteiger partial charge in [-0.15, -0.1) is 6.58 Å². The standard InChI is InChI=1S/C15H26N2O2/c1-5-6-17(7-8-18)11-14-9-13(4)15(19-14)10-16-12(2)3/h5,9,12,16,18H,1,6-8,10-11H2,2-4H3. The molecule has 0 aliphatic rings. The van der Waals surface area contributed by atoms with Crippen molar-refractivity contribution in [3.05, 3.63) is 35.8 Å². The van der Waals surface area contributed by atoms with E-state index in [1.165, 1.54) is 5.56 Å². The monoisotopic (exact) mass is 266 g/mol. The summed E-state index contributed by atoms with van der Waals surface area (Å²) in [5.41, 5.74) is 1.17. The first-order chi connectivity index (χ1) is 9.06. The number of aliphatic hydroxyl groups excluding tert-OH is 1. The van der Waals surface area contributed by atoms with Crippen LogP contribution >= 0.6 is 0 Å². The summed E-state index contributed by atoms with van der Waals surface area (Å²) in [6, 6.07) is 2.52. The maximum atomic E-state index is 9.03. The second-order valence-corrected chi connectivity index (χ2v) is 5.10. The van der Waals surface area contributed by atoms with Crippen molar-refractivity contribution in [2.24, 2.45) is 0 Å². The Kier molecular flexibility index (Phi) is 6.84. The molecule has 108 valence electrons. The number of rotatable bonds is 9. The minimum atomic E-state index is 0.148. The molecular formula is C15H26N2O2. The third-order valence-corrected chi connectivity index (χ3v) is 2.93. The first-order valence-electron chi connectivity index (χ1n) is 6.82. The average Bonchev–Trinajstić information content (AvgIpc) is 2.67. The lowest BCUT2D eigenvalue weighted by Crippen LogP contribution is -2.26. The fraction of sp³-hybridized carbons (Fsp3) is 0.600. The lowest BCUT2D eigenvalue weighted by Gasteiger charge is -2.17. The van der Waals surface area contributed by atoms with Gasteiger partial charge in [-0.1, -0.05) is 19.9 Å². The van der Waals surface area contributed by atoms with Gasteiger partial charge in [0, 0.05) is 19.1 Å². The summed E-state index contributed by atoms with van der Waals surface area (Å²) in [6.07, 6.45) is 1.84. The van der Waals surface area contributed by atoms with Crippen molar-refractivity contribution in [2.75, 3.05) is 19.7 Å². The van der Waals surface area contributed by atoms with E-state index < -0.39 is 0 Å². The second kappa shape index (κ2) is 8.15. The first kappa shape index (κ1) is 16.0. The van der Waals surface area contributed by atoms with E-state index >= 15 is 0 Å². The van der Waals surface area contributed by atoms with E-state index in [1.807, 2.05) is 6.08 Å². The van der Waals surface area contributed by atoms with Gasteiger partial charge in [-0.05, 0) is 18.6 Å². The second-order valence-electron chi connectivity index (χ2n) is 5.10. The molecule has 4 nitrogen and oxygen atoms in total. The number of aliphatic hydroxyl groups is 1. The molecule has 0 saturated carbocycles. The molecule has 2 N–H and O–H groups in total. The lowest BCUT2D eigenvalue weighted by molar-refractivity contribution is 0.193.